The van der Waals surface area contributed by atoms with Crippen molar-refractivity contribution in [1.29, 1.82) is 0 Å². The number of alkyl halides is 2. The average molecular weight is 620 g/mol. The Hall–Kier alpha value is -3.27. The zero-order chi connectivity index (χ0) is 30.2. The number of ether oxygens (including phenoxy) is 1. The van der Waals surface area contributed by atoms with E-state index in [0.29, 0.717) is 23.5 Å². The van der Waals surface area contributed by atoms with E-state index in [9.17, 15) is 13.9 Å². The standard InChI is InChI=1S/C34H36ClF2N5O2/c1-2-25-30(27-10-24(43)9-19-5-3-4-6-26(19)27)29(35)11-28-31(25)39-33(40-32(28)41-16-22-7-8-23(17-41)38-22)44-18-34-12-20(36)14-42(34)15-21(37)13-34/h3-6,9-11,20-23,38,43H,2,7-8,12-18H2,1H3/t20-,21?,22?,23?,34?/m1/s1. The van der Waals surface area contributed by atoms with Crippen molar-refractivity contribution in [3.8, 4) is 22.9 Å². The van der Waals surface area contributed by atoms with Crippen molar-refractivity contribution in [2.45, 2.75) is 69.0 Å². The van der Waals surface area contributed by atoms with E-state index in [1.807, 2.05) is 35.2 Å². The lowest BCUT2D eigenvalue weighted by atomic mass is 9.91. The third-order valence-corrected chi connectivity index (χ3v) is 10.5. The molecule has 44 heavy (non-hydrogen) atoms. The summed E-state index contributed by atoms with van der Waals surface area (Å²) in [4.78, 5) is 14.2. The molecular weight excluding hydrogens is 584 g/mol. The molecule has 7 nitrogen and oxygen atoms in total. The summed E-state index contributed by atoms with van der Waals surface area (Å²) in [5.74, 6) is 0.932. The Balaban J connectivity index is 1.29. The van der Waals surface area contributed by atoms with Gasteiger partial charge in [-0.3, -0.25) is 4.90 Å². The van der Waals surface area contributed by atoms with E-state index in [4.69, 9.17) is 26.3 Å². The second kappa shape index (κ2) is 10.7. The molecule has 4 unspecified atom stereocenters. The number of aromatic nitrogens is 2. The van der Waals surface area contributed by atoms with E-state index in [1.165, 1.54) is 0 Å². The first-order valence-corrected chi connectivity index (χ1v) is 16.1. The van der Waals surface area contributed by atoms with Crippen molar-refractivity contribution in [2.24, 2.45) is 0 Å². The molecule has 0 spiro atoms. The Labute approximate surface area is 260 Å². The van der Waals surface area contributed by atoms with Gasteiger partial charge in [0.2, 0.25) is 0 Å². The molecule has 10 heteroatoms. The van der Waals surface area contributed by atoms with Gasteiger partial charge in [-0.25, -0.2) is 8.78 Å². The number of nitrogens with zero attached hydrogens (tertiary/aromatic N) is 4. The van der Waals surface area contributed by atoms with E-state index in [2.05, 4.69) is 17.1 Å². The lowest BCUT2D eigenvalue weighted by Crippen LogP contribution is -2.51. The zero-order valence-electron chi connectivity index (χ0n) is 24.7. The normalized spacial score (nSPS) is 28.3. The predicted molar refractivity (Wildman–Crippen MR) is 170 cm³/mol. The number of anilines is 1. The van der Waals surface area contributed by atoms with Crippen LogP contribution in [0.3, 0.4) is 0 Å². The summed E-state index contributed by atoms with van der Waals surface area (Å²) in [6.45, 7) is 4.29. The number of aromatic hydroxyl groups is 1. The summed E-state index contributed by atoms with van der Waals surface area (Å²) < 4.78 is 35.4. The van der Waals surface area contributed by atoms with Gasteiger partial charge in [-0.1, -0.05) is 42.8 Å². The van der Waals surface area contributed by atoms with E-state index in [1.54, 1.807) is 12.1 Å². The number of hydrogen-bond acceptors (Lipinski definition) is 7. The molecule has 230 valence electrons. The van der Waals surface area contributed by atoms with E-state index in [0.717, 1.165) is 70.1 Å². The third kappa shape index (κ3) is 4.66. The summed E-state index contributed by atoms with van der Waals surface area (Å²) in [6.07, 6.45) is 1.38. The summed E-state index contributed by atoms with van der Waals surface area (Å²) in [5.41, 5.74) is 2.64. The van der Waals surface area contributed by atoms with Crippen LogP contribution in [-0.2, 0) is 6.42 Å². The minimum absolute atomic E-state index is 0.130. The summed E-state index contributed by atoms with van der Waals surface area (Å²) in [6, 6.07) is 14.4. The monoisotopic (exact) mass is 619 g/mol. The van der Waals surface area contributed by atoms with Crippen LogP contribution in [0.1, 0.15) is 38.2 Å². The number of benzene rings is 3. The molecule has 0 aliphatic carbocycles. The van der Waals surface area contributed by atoms with Crippen LogP contribution >= 0.6 is 11.6 Å². The fourth-order valence-corrected chi connectivity index (χ4v) is 8.64. The summed E-state index contributed by atoms with van der Waals surface area (Å²) in [5, 5.41) is 17.7. The topological polar surface area (TPSA) is 73.8 Å². The quantitative estimate of drug-likeness (QED) is 0.266. The van der Waals surface area contributed by atoms with Gasteiger partial charge >= 0.3 is 6.01 Å². The number of nitrogens with one attached hydrogen (secondary N) is 1. The zero-order valence-corrected chi connectivity index (χ0v) is 25.5. The lowest BCUT2D eigenvalue weighted by molar-refractivity contribution is 0.107. The van der Waals surface area contributed by atoms with Crippen molar-refractivity contribution in [3.05, 3.63) is 53.1 Å². The molecule has 2 N–H and O–H groups in total. The predicted octanol–water partition coefficient (Wildman–Crippen LogP) is 6.22. The van der Waals surface area contributed by atoms with Crippen LogP contribution in [0, 0.1) is 0 Å². The Morgan fingerprint density at radius 3 is 2.45 bits per heavy atom. The van der Waals surface area contributed by atoms with Crippen LogP contribution in [0.5, 0.6) is 11.8 Å². The summed E-state index contributed by atoms with van der Waals surface area (Å²) in [7, 11) is 0. The molecule has 2 bridgehead atoms. The summed E-state index contributed by atoms with van der Waals surface area (Å²) >= 11 is 7.15. The van der Waals surface area contributed by atoms with E-state index < -0.39 is 17.9 Å². The van der Waals surface area contributed by atoms with Gasteiger partial charge in [0, 0.05) is 67.1 Å². The number of hydrogen-bond donors (Lipinski definition) is 2. The van der Waals surface area contributed by atoms with E-state index >= 15 is 0 Å². The molecule has 0 amide bonds. The second-order valence-corrected chi connectivity index (χ2v) is 13.5. The number of phenols is 1. The van der Waals surface area contributed by atoms with Crippen LogP contribution in [0.25, 0.3) is 32.8 Å². The highest BCUT2D eigenvalue weighted by Crippen LogP contribution is 2.45. The third-order valence-electron chi connectivity index (χ3n) is 10.2. The minimum atomic E-state index is -0.996. The molecule has 4 aliphatic rings. The molecule has 8 rings (SSSR count). The molecule has 0 saturated carbocycles. The Bertz CT molecular complexity index is 1750. The first-order chi connectivity index (χ1) is 21.3. The van der Waals surface area contributed by atoms with Crippen LogP contribution in [-0.4, -0.2) is 82.7 Å². The second-order valence-electron chi connectivity index (χ2n) is 13.1. The Morgan fingerprint density at radius 1 is 1.00 bits per heavy atom. The first-order valence-electron chi connectivity index (χ1n) is 15.7. The van der Waals surface area contributed by atoms with Crippen LogP contribution in [0.2, 0.25) is 5.02 Å². The first kappa shape index (κ1) is 28.2. The van der Waals surface area contributed by atoms with Gasteiger partial charge in [0.15, 0.2) is 0 Å². The van der Waals surface area contributed by atoms with Crippen LogP contribution in [0.15, 0.2) is 42.5 Å². The molecule has 4 aliphatic heterocycles. The van der Waals surface area contributed by atoms with Crippen molar-refractivity contribution in [1.82, 2.24) is 20.2 Å². The van der Waals surface area contributed by atoms with Gasteiger partial charge in [0.1, 0.15) is 30.5 Å². The van der Waals surface area contributed by atoms with Crippen molar-refractivity contribution in [3.63, 3.8) is 0 Å². The number of piperazine rings is 1. The Morgan fingerprint density at radius 2 is 1.73 bits per heavy atom. The van der Waals surface area contributed by atoms with Gasteiger partial charge in [-0.05, 0) is 59.4 Å². The highest BCUT2D eigenvalue weighted by molar-refractivity contribution is 6.35. The number of phenolic OH excluding ortho intramolecular Hbond substituents is 1. The molecule has 3 aromatic carbocycles. The molecular formula is C34H36ClF2N5O2. The van der Waals surface area contributed by atoms with Gasteiger partial charge in [-0.15, -0.1) is 0 Å². The van der Waals surface area contributed by atoms with Gasteiger partial charge in [0.25, 0.3) is 0 Å². The molecule has 1 aromatic heterocycles. The smallest absolute Gasteiger partial charge is 0.319 e. The molecule has 4 fully saturated rings. The van der Waals surface area contributed by atoms with Gasteiger partial charge in [0.05, 0.1) is 11.1 Å². The fourth-order valence-electron chi connectivity index (χ4n) is 8.32. The molecule has 4 saturated heterocycles. The van der Waals surface area contributed by atoms with Gasteiger partial charge in [-0.2, -0.15) is 9.97 Å². The van der Waals surface area contributed by atoms with Crippen molar-refractivity contribution >= 4 is 39.1 Å². The van der Waals surface area contributed by atoms with Gasteiger partial charge < -0.3 is 20.1 Å². The number of fused-ring (bicyclic) bond motifs is 5. The van der Waals surface area contributed by atoms with Crippen LogP contribution < -0.4 is 15.0 Å². The van der Waals surface area contributed by atoms with Crippen molar-refractivity contribution in [2.75, 3.05) is 37.7 Å². The SMILES string of the molecule is CCc1c(-c2cc(O)cc3ccccc23)c(Cl)cc2c(N3CC4CCC(C3)N4)nc(OCC34CC(F)CN3C[C@H](F)C4)nc12. The number of rotatable bonds is 6. The molecule has 5 atom stereocenters. The highest BCUT2D eigenvalue weighted by atomic mass is 35.5. The average Bonchev–Trinajstić information content (AvgIpc) is 3.61. The highest BCUT2D eigenvalue weighted by Gasteiger charge is 2.53. The molecule has 5 heterocycles. The Kier molecular flexibility index (Phi) is 6.84. The maximum absolute atomic E-state index is 14.5. The van der Waals surface area contributed by atoms with Crippen LogP contribution in [0.4, 0.5) is 14.6 Å². The van der Waals surface area contributed by atoms with E-state index in [-0.39, 0.29) is 44.3 Å². The molecule has 4 aromatic rings. The fraction of sp³-hybridized carbons (Fsp3) is 0.471. The molecule has 0 radical (unpaired) electrons. The lowest BCUT2D eigenvalue weighted by Gasteiger charge is -2.35. The minimum Gasteiger partial charge on any atom is -0.508 e. The number of aryl methyl sites for hydroxylation is 1. The van der Waals surface area contributed by atoms with Crippen molar-refractivity contribution < 1.29 is 18.6 Å². The largest absolute Gasteiger partial charge is 0.508 e. The maximum atomic E-state index is 14.5. The maximum Gasteiger partial charge on any atom is 0.319 e. The number of halogens is 3.